The number of aromatic nitrogens is 2. The molecule has 0 unspecified atom stereocenters. The topological polar surface area (TPSA) is 64.1 Å². The van der Waals surface area contributed by atoms with Crippen molar-refractivity contribution >= 4 is 22.4 Å². The van der Waals surface area contributed by atoms with Crippen LogP contribution in [0, 0.1) is 20.8 Å². The smallest absolute Gasteiger partial charge is 0.264 e. The molecule has 0 fully saturated rings. The second-order valence-corrected chi connectivity index (χ2v) is 6.71. The minimum atomic E-state index is -0.221. The van der Waals surface area contributed by atoms with Crippen LogP contribution in [-0.2, 0) is 11.2 Å². The summed E-state index contributed by atoms with van der Waals surface area (Å²) < 4.78 is 5.65. The standard InChI is InChI=1S/C17H23N3O2S/c1-5-6-7-16-19-20-17(23-16)18-15(21)10-22-14-9-11(2)8-12(3)13(14)4/h8-9H,5-7,10H2,1-4H3,(H,18,20,21). The Bertz CT molecular complexity index is 682. The number of nitrogens with zero attached hydrogens (tertiary/aromatic N) is 2. The first-order chi connectivity index (χ1) is 11.0. The maximum absolute atomic E-state index is 12.0. The number of anilines is 1. The monoisotopic (exact) mass is 333 g/mol. The van der Waals surface area contributed by atoms with Gasteiger partial charge in [0.25, 0.3) is 5.91 Å². The van der Waals surface area contributed by atoms with Gasteiger partial charge in [-0.25, -0.2) is 0 Å². The Morgan fingerprint density at radius 3 is 2.78 bits per heavy atom. The Kier molecular flexibility index (Phi) is 6.10. The van der Waals surface area contributed by atoms with Crippen molar-refractivity contribution in [2.45, 2.75) is 47.0 Å². The van der Waals surface area contributed by atoms with Gasteiger partial charge in [-0.15, -0.1) is 10.2 Å². The summed E-state index contributed by atoms with van der Waals surface area (Å²) in [5.41, 5.74) is 3.33. The van der Waals surface area contributed by atoms with Gasteiger partial charge in [0.05, 0.1) is 0 Å². The van der Waals surface area contributed by atoms with Crippen LogP contribution >= 0.6 is 11.3 Å². The molecule has 1 N–H and O–H groups in total. The molecule has 6 heteroatoms. The summed E-state index contributed by atoms with van der Waals surface area (Å²) in [5.74, 6) is 0.528. The summed E-state index contributed by atoms with van der Waals surface area (Å²) in [6, 6.07) is 4.05. The summed E-state index contributed by atoms with van der Waals surface area (Å²) in [6.07, 6.45) is 3.10. The molecule has 0 spiro atoms. The Hall–Kier alpha value is -1.95. The molecule has 0 atom stereocenters. The highest BCUT2D eigenvalue weighted by Gasteiger charge is 2.10. The van der Waals surface area contributed by atoms with E-state index in [2.05, 4.69) is 28.5 Å². The fraction of sp³-hybridized carbons (Fsp3) is 0.471. The summed E-state index contributed by atoms with van der Waals surface area (Å²) in [4.78, 5) is 12.0. The van der Waals surface area contributed by atoms with Crippen LogP contribution in [0.2, 0.25) is 0 Å². The lowest BCUT2D eigenvalue weighted by atomic mass is 10.1. The van der Waals surface area contributed by atoms with E-state index in [1.807, 2.05) is 26.8 Å². The van der Waals surface area contributed by atoms with E-state index in [4.69, 9.17) is 4.74 Å². The maximum Gasteiger partial charge on any atom is 0.264 e. The van der Waals surface area contributed by atoms with Crippen molar-refractivity contribution < 1.29 is 9.53 Å². The predicted molar refractivity (Wildman–Crippen MR) is 93.3 cm³/mol. The lowest BCUT2D eigenvalue weighted by Crippen LogP contribution is -2.20. The second-order valence-electron chi connectivity index (χ2n) is 5.65. The lowest BCUT2D eigenvalue weighted by Gasteiger charge is -2.11. The van der Waals surface area contributed by atoms with Crippen molar-refractivity contribution in [3.63, 3.8) is 0 Å². The first kappa shape index (κ1) is 17.4. The van der Waals surface area contributed by atoms with Crippen LogP contribution < -0.4 is 10.1 Å². The molecule has 0 bridgehead atoms. The Morgan fingerprint density at radius 1 is 1.26 bits per heavy atom. The molecular formula is C17H23N3O2S. The Balaban J connectivity index is 1.89. The molecule has 1 aromatic heterocycles. The van der Waals surface area contributed by atoms with Crippen molar-refractivity contribution in [3.8, 4) is 5.75 Å². The number of hydrogen-bond donors (Lipinski definition) is 1. The average molecular weight is 333 g/mol. The number of carbonyl (C=O) groups excluding carboxylic acids is 1. The first-order valence-corrected chi connectivity index (χ1v) is 8.64. The van der Waals surface area contributed by atoms with E-state index in [0.717, 1.165) is 46.7 Å². The van der Waals surface area contributed by atoms with Crippen LogP contribution in [0.5, 0.6) is 5.75 Å². The molecule has 0 aliphatic heterocycles. The van der Waals surface area contributed by atoms with Crippen LogP contribution in [0.3, 0.4) is 0 Å². The number of unbranched alkanes of at least 4 members (excludes halogenated alkanes) is 1. The molecule has 23 heavy (non-hydrogen) atoms. The lowest BCUT2D eigenvalue weighted by molar-refractivity contribution is -0.118. The van der Waals surface area contributed by atoms with Crippen molar-refractivity contribution in [1.29, 1.82) is 0 Å². The van der Waals surface area contributed by atoms with Gasteiger partial charge in [-0.2, -0.15) is 0 Å². The van der Waals surface area contributed by atoms with Crippen LogP contribution in [0.4, 0.5) is 5.13 Å². The summed E-state index contributed by atoms with van der Waals surface area (Å²) in [7, 11) is 0. The number of hydrogen-bond acceptors (Lipinski definition) is 5. The number of aryl methyl sites for hydroxylation is 3. The first-order valence-electron chi connectivity index (χ1n) is 7.82. The molecule has 124 valence electrons. The van der Waals surface area contributed by atoms with Crippen LogP contribution in [0.15, 0.2) is 12.1 Å². The summed E-state index contributed by atoms with van der Waals surface area (Å²) >= 11 is 1.42. The van der Waals surface area contributed by atoms with Crippen LogP contribution in [-0.4, -0.2) is 22.7 Å². The van der Waals surface area contributed by atoms with Gasteiger partial charge in [0.1, 0.15) is 10.8 Å². The van der Waals surface area contributed by atoms with Crippen molar-refractivity contribution in [2.75, 3.05) is 11.9 Å². The van der Waals surface area contributed by atoms with Gasteiger partial charge in [0.15, 0.2) is 6.61 Å². The van der Waals surface area contributed by atoms with Crippen LogP contribution in [0.1, 0.15) is 41.5 Å². The maximum atomic E-state index is 12.0. The zero-order chi connectivity index (χ0) is 16.8. The molecular weight excluding hydrogens is 310 g/mol. The summed E-state index contributed by atoms with van der Waals surface area (Å²) in [5, 5.41) is 12.3. The average Bonchev–Trinajstić information content (AvgIpc) is 2.94. The van der Waals surface area contributed by atoms with E-state index in [1.54, 1.807) is 0 Å². The third kappa shape index (κ3) is 5.03. The molecule has 0 aliphatic rings. The highest BCUT2D eigenvalue weighted by atomic mass is 32.1. The molecule has 0 saturated carbocycles. The number of nitrogens with one attached hydrogen (secondary N) is 1. The third-order valence-corrected chi connectivity index (χ3v) is 4.48. The van der Waals surface area contributed by atoms with Gasteiger partial charge in [0.2, 0.25) is 5.13 Å². The molecule has 0 saturated heterocycles. The van der Waals surface area contributed by atoms with Crippen LogP contribution in [0.25, 0.3) is 0 Å². The largest absolute Gasteiger partial charge is 0.483 e. The zero-order valence-electron chi connectivity index (χ0n) is 14.1. The number of amides is 1. The normalized spacial score (nSPS) is 10.6. The van der Waals surface area contributed by atoms with Crippen molar-refractivity contribution in [2.24, 2.45) is 0 Å². The fourth-order valence-electron chi connectivity index (χ4n) is 2.18. The molecule has 2 rings (SSSR count). The molecule has 0 radical (unpaired) electrons. The Labute approximate surface area is 141 Å². The van der Waals surface area contributed by atoms with Gasteiger partial charge in [0, 0.05) is 6.42 Å². The number of benzene rings is 1. The quantitative estimate of drug-likeness (QED) is 0.836. The van der Waals surface area contributed by atoms with Gasteiger partial charge in [-0.05, 0) is 49.9 Å². The van der Waals surface area contributed by atoms with Crippen molar-refractivity contribution in [1.82, 2.24) is 10.2 Å². The number of ether oxygens (including phenoxy) is 1. The van der Waals surface area contributed by atoms with E-state index in [0.29, 0.717) is 5.13 Å². The summed E-state index contributed by atoms with van der Waals surface area (Å²) in [6.45, 7) is 8.14. The van der Waals surface area contributed by atoms with Gasteiger partial charge in [-0.1, -0.05) is 30.7 Å². The van der Waals surface area contributed by atoms with Gasteiger partial charge < -0.3 is 4.74 Å². The molecule has 0 aliphatic carbocycles. The number of rotatable bonds is 7. The molecule has 5 nitrogen and oxygen atoms in total. The van der Waals surface area contributed by atoms with Gasteiger partial charge >= 0.3 is 0 Å². The minimum absolute atomic E-state index is 0.0341. The SMILES string of the molecule is CCCCc1nnc(NC(=O)COc2cc(C)cc(C)c2C)s1. The van der Waals surface area contributed by atoms with E-state index >= 15 is 0 Å². The fourth-order valence-corrected chi connectivity index (χ4v) is 2.98. The van der Waals surface area contributed by atoms with Crippen molar-refractivity contribution in [3.05, 3.63) is 33.8 Å². The Morgan fingerprint density at radius 2 is 2.04 bits per heavy atom. The van der Waals surface area contributed by atoms with E-state index < -0.39 is 0 Å². The molecule has 1 amide bonds. The van der Waals surface area contributed by atoms with E-state index in [1.165, 1.54) is 11.3 Å². The molecule has 1 aromatic carbocycles. The highest BCUT2D eigenvalue weighted by molar-refractivity contribution is 7.15. The molecule has 2 aromatic rings. The molecule has 1 heterocycles. The zero-order valence-corrected chi connectivity index (χ0v) is 14.9. The highest BCUT2D eigenvalue weighted by Crippen LogP contribution is 2.23. The number of carbonyl (C=O) groups is 1. The van der Waals surface area contributed by atoms with E-state index in [-0.39, 0.29) is 12.5 Å². The van der Waals surface area contributed by atoms with Gasteiger partial charge in [-0.3, -0.25) is 10.1 Å². The van der Waals surface area contributed by atoms with E-state index in [9.17, 15) is 4.79 Å². The second kappa shape index (κ2) is 8.06. The minimum Gasteiger partial charge on any atom is -0.483 e. The third-order valence-electron chi connectivity index (χ3n) is 3.58. The predicted octanol–water partition coefficient (Wildman–Crippen LogP) is 3.82.